The van der Waals surface area contributed by atoms with E-state index in [9.17, 15) is 19.6 Å². The number of amides is 3. The quantitative estimate of drug-likeness (QED) is 0.328. The lowest BCUT2D eigenvalue weighted by atomic mass is 9.99. The lowest BCUT2D eigenvalue weighted by Crippen LogP contribution is -2.54. The first-order chi connectivity index (χ1) is 18.5. The highest BCUT2D eigenvalue weighted by molar-refractivity contribution is 5.92. The fourth-order valence-corrected chi connectivity index (χ4v) is 4.13. The normalized spacial score (nSPS) is 13.1. The molecule has 39 heavy (non-hydrogen) atoms. The summed E-state index contributed by atoms with van der Waals surface area (Å²) in [5.41, 5.74) is 1.12. The van der Waals surface area contributed by atoms with Crippen molar-refractivity contribution in [2.75, 3.05) is 6.54 Å². The van der Waals surface area contributed by atoms with E-state index < -0.39 is 35.6 Å². The van der Waals surface area contributed by atoms with Crippen LogP contribution in [0.3, 0.4) is 0 Å². The number of hydrogen-bond acceptors (Lipinski definition) is 5. The molecule has 0 radical (unpaired) electrons. The zero-order chi connectivity index (χ0) is 29.0. The Balaban J connectivity index is 2.53. The number of nitrogens with one attached hydrogen (secondary N) is 2. The van der Waals surface area contributed by atoms with Crippen molar-refractivity contribution in [1.29, 1.82) is 5.26 Å². The van der Waals surface area contributed by atoms with Crippen molar-refractivity contribution in [3.63, 3.8) is 0 Å². The summed E-state index contributed by atoms with van der Waals surface area (Å²) < 4.78 is 5.41. The summed E-state index contributed by atoms with van der Waals surface area (Å²) >= 11 is 0. The average molecular weight is 531 g/mol. The molecular formula is C31H38N4O4. The maximum absolute atomic E-state index is 14.1. The van der Waals surface area contributed by atoms with Gasteiger partial charge < -0.3 is 20.3 Å². The van der Waals surface area contributed by atoms with Crippen molar-refractivity contribution < 1.29 is 19.1 Å². The van der Waals surface area contributed by atoms with Crippen LogP contribution in [0.15, 0.2) is 54.6 Å². The number of nitrogens with zero attached hydrogens (tertiary/aromatic N) is 2. The van der Waals surface area contributed by atoms with Gasteiger partial charge in [-0.3, -0.25) is 9.59 Å². The smallest absolute Gasteiger partial charge is 0.408 e. The molecule has 3 atom stereocenters. The molecule has 2 aromatic rings. The number of hydrogen-bond donors (Lipinski definition) is 2. The van der Waals surface area contributed by atoms with Gasteiger partial charge in [-0.15, -0.1) is 6.42 Å². The third-order valence-corrected chi connectivity index (χ3v) is 5.86. The Morgan fingerprint density at radius 1 is 1.05 bits per heavy atom. The molecule has 206 valence electrons. The molecule has 2 aromatic carbocycles. The zero-order valence-corrected chi connectivity index (χ0v) is 23.4. The van der Waals surface area contributed by atoms with E-state index in [0.29, 0.717) is 11.1 Å². The van der Waals surface area contributed by atoms with Gasteiger partial charge in [-0.05, 0) is 57.4 Å². The molecule has 3 amide bonds. The number of rotatable bonds is 11. The minimum atomic E-state index is -1.12. The van der Waals surface area contributed by atoms with Crippen LogP contribution in [0, 0.1) is 23.7 Å². The van der Waals surface area contributed by atoms with Gasteiger partial charge in [0.25, 0.3) is 0 Å². The topological polar surface area (TPSA) is 112 Å². The Morgan fingerprint density at radius 2 is 1.69 bits per heavy atom. The van der Waals surface area contributed by atoms with Gasteiger partial charge in [0.2, 0.25) is 11.8 Å². The number of nitriles is 1. The van der Waals surface area contributed by atoms with Gasteiger partial charge in [0.15, 0.2) is 0 Å². The van der Waals surface area contributed by atoms with E-state index in [2.05, 4.69) is 16.6 Å². The number of terminal acetylenes is 1. The predicted octanol–water partition coefficient (Wildman–Crippen LogP) is 4.50. The molecule has 0 bridgehead atoms. The Hall–Kier alpha value is -4.30. The molecule has 0 aliphatic heterocycles. The third-order valence-electron chi connectivity index (χ3n) is 5.86. The Labute approximate surface area is 231 Å². The van der Waals surface area contributed by atoms with Gasteiger partial charge in [-0.25, -0.2) is 4.79 Å². The van der Waals surface area contributed by atoms with Gasteiger partial charge in [-0.1, -0.05) is 61.7 Å². The molecule has 0 heterocycles. The second-order valence-electron chi connectivity index (χ2n) is 10.4. The highest BCUT2D eigenvalue weighted by Crippen LogP contribution is 2.24. The minimum absolute atomic E-state index is 0.136. The lowest BCUT2D eigenvalue weighted by Gasteiger charge is -2.33. The summed E-state index contributed by atoms with van der Waals surface area (Å²) in [6.07, 6.45) is 6.48. The Morgan fingerprint density at radius 3 is 2.23 bits per heavy atom. The molecule has 0 saturated heterocycles. The zero-order valence-electron chi connectivity index (χ0n) is 23.4. The second-order valence-corrected chi connectivity index (χ2v) is 10.4. The number of carbonyl (C=O) groups excluding carboxylic acids is 3. The van der Waals surface area contributed by atoms with Crippen LogP contribution in [0.1, 0.15) is 70.2 Å². The molecule has 0 spiro atoms. The highest BCUT2D eigenvalue weighted by Gasteiger charge is 2.36. The average Bonchev–Trinajstić information content (AvgIpc) is 2.87. The summed E-state index contributed by atoms with van der Waals surface area (Å²) in [7, 11) is 0. The van der Waals surface area contributed by atoms with Gasteiger partial charge in [-0.2, -0.15) is 5.26 Å². The van der Waals surface area contributed by atoms with E-state index in [4.69, 9.17) is 11.2 Å². The van der Waals surface area contributed by atoms with E-state index in [-0.39, 0.29) is 19.0 Å². The Bertz CT molecular complexity index is 1190. The van der Waals surface area contributed by atoms with E-state index in [1.807, 2.05) is 50.2 Å². The van der Waals surface area contributed by atoms with Gasteiger partial charge >= 0.3 is 6.09 Å². The summed E-state index contributed by atoms with van der Waals surface area (Å²) in [5, 5.41) is 15.3. The second kappa shape index (κ2) is 14.6. The SMILES string of the molecule is C#Cc1ccc(C(C(=O)NC(C)CCC)N(CC#N)C(=O)C(Cc2ccccc2)NC(=O)OC(C)(C)C)cc1. The minimum Gasteiger partial charge on any atom is -0.444 e. The first kappa shape index (κ1) is 30.9. The van der Waals surface area contributed by atoms with Crippen LogP contribution in [0.2, 0.25) is 0 Å². The molecule has 3 unspecified atom stereocenters. The predicted molar refractivity (Wildman–Crippen MR) is 150 cm³/mol. The molecule has 0 aliphatic rings. The molecule has 2 rings (SSSR count). The molecular weight excluding hydrogens is 492 g/mol. The number of carbonyl (C=O) groups is 3. The summed E-state index contributed by atoms with van der Waals surface area (Å²) in [6, 6.07) is 15.5. The van der Waals surface area contributed by atoms with Crippen molar-refractivity contribution in [2.24, 2.45) is 0 Å². The van der Waals surface area contributed by atoms with Gasteiger partial charge in [0.05, 0.1) is 6.07 Å². The largest absolute Gasteiger partial charge is 0.444 e. The van der Waals surface area contributed by atoms with Crippen molar-refractivity contribution in [3.8, 4) is 18.4 Å². The van der Waals surface area contributed by atoms with Crippen molar-refractivity contribution in [1.82, 2.24) is 15.5 Å². The first-order valence-corrected chi connectivity index (χ1v) is 13.1. The van der Waals surface area contributed by atoms with Crippen LogP contribution in [0.5, 0.6) is 0 Å². The van der Waals surface area contributed by atoms with E-state index in [1.54, 1.807) is 45.0 Å². The first-order valence-electron chi connectivity index (χ1n) is 13.1. The van der Waals surface area contributed by atoms with Crippen LogP contribution in [-0.4, -0.2) is 47.0 Å². The number of ether oxygens (including phenoxy) is 1. The van der Waals surface area contributed by atoms with Crippen LogP contribution in [-0.2, 0) is 20.7 Å². The molecule has 0 aromatic heterocycles. The van der Waals surface area contributed by atoms with Gasteiger partial charge in [0.1, 0.15) is 24.2 Å². The summed E-state index contributed by atoms with van der Waals surface area (Å²) in [5.74, 6) is 1.52. The lowest BCUT2D eigenvalue weighted by molar-refractivity contribution is -0.142. The van der Waals surface area contributed by atoms with Crippen LogP contribution in [0.25, 0.3) is 0 Å². The molecule has 2 N–H and O–H groups in total. The maximum Gasteiger partial charge on any atom is 0.408 e. The van der Waals surface area contributed by atoms with Crippen LogP contribution < -0.4 is 10.6 Å². The molecule has 0 fully saturated rings. The summed E-state index contributed by atoms with van der Waals surface area (Å²) in [6.45, 7) is 8.69. The van der Waals surface area contributed by atoms with Crippen molar-refractivity contribution >= 4 is 17.9 Å². The highest BCUT2D eigenvalue weighted by atomic mass is 16.6. The fraction of sp³-hybridized carbons (Fsp3) is 0.419. The van der Waals surface area contributed by atoms with E-state index >= 15 is 0 Å². The molecule has 8 heteroatoms. The number of alkyl carbamates (subject to hydrolysis) is 1. The van der Waals surface area contributed by atoms with E-state index in [0.717, 1.165) is 18.4 Å². The summed E-state index contributed by atoms with van der Waals surface area (Å²) in [4.78, 5) is 41.6. The fourth-order valence-electron chi connectivity index (χ4n) is 4.13. The van der Waals surface area contributed by atoms with Crippen molar-refractivity contribution in [3.05, 3.63) is 71.3 Å². The monoisotopic (exact) mass is 530 g/mol. The number of benzene rings is 2. The molecule has 0 saturated carbocycles. The third kappa shape index (κ3) is 9.83. The molecule has 8 nitrogen and oxygen atoms in total. The van der Waals surface area contributed by atoms with Crippen LogP contribution >= 0.6 is 0 Å². The van der Waals surface area contributed by atoms with Crippen LogP contribution in [0.4, 0.5) is 4.79 Å². The maximum atomic E-state index is 14.1. The van der Waals surface area contributed by atoms with Crippen molar-refractivity contribution in [2.45, 2.75) is 77.6 Å². The van der Waals surface area contributed by atoms with Gasteiger partial charge in [0, 0.05) is 18.0 Å². The Kier molecular flexibility index (Phi) is 11.6. The standard InChI is InChI=1S/C31H38N4O4/c1-7-12-22(3)33-28(36)27(25-17-15-23(8-2)16-18-25)35(20-19-32)29(37)26(21-24-13-10-9-11-14-24)34-30(38)39-31(4,5)6/h2,9-11,13-18,22,26-27H,7,12,20-21H2,1,3-6H3,(H,33,36)(H,34,38). The molecule has 0 aliphatic carbocycles. The van der Waals surface area contributed by atoms with E-state index in [1.165, 1.54) is 4.90 Å².